The molecule has 0 amide bonds. The minimum Gasteiger partial charge on any atom is -0.496 e. The largest absolute Gasteiger partial charge is 0.496 e. The van der Waals surface area contributed by atoms with Crippen LogP contribution in [0.3, 0.4) is 0 Å². The Morgan fingerprint density at radius 2 is 1.78 bits per heavy atom. The third-order valence-electron chi connectivity index (χ3n) is 7.80. The molecule has 4 aromatic rings. The number of methoxy groups -OCH3 is 1. The Morgan fingerprint density at radius 3 is 2.32 bits per heavy atom. The summed E-state index contributed by atoms with van der Waals surface area (Å²) in [4.78, 5) is 22.2. The number of hydrogen-bond acceptors (Lipinski definition) is 8. The molecule has 1 N–H and O–H groups in total. The first-order chi connectivity index (χ1) is 22.9. The van der Waals surface area contributed by atoms with Gasteiger partial charge in [-0.2, -0.15) is 18.4 Å². The minimum atomic E-state index is -5.26. The number of carbonyl (C=O) groups excluding carboxylic acids is 1. The highest BCUT2D eigenvalue weighted by Crippen LogP contribution is 2.51. The predicted molar refractivity (Wildman–Crippen MR) is 189 cm³/mol. The number of nitrogens with one attached hydrogen (secondary N) is 1. The summed E-state index contributed by atoms with van der Waals surface area (Å²) in [6, 6.07) is 6.80. The van der Waals surface area contributed by atoms with Crippen LogP contribution in [0.5, 0.6) is 5.75 Å². The van der Waals surface area contributed by atoms with Gasteiger partial charge < -0.3 is 14.2 Å². The average molecular weight is 735 g/mol. The molecule has 0 aliphatic rings. The Bertz CT molecular complexity index is 1980. The molecular weight excluding hydrogens is 690 g/mol. The van der Waals surface area contributed by atoms with E-state index in [1.54, 1.807) is 48.5 Å². The van der Waals surface area contributed by atoms with Gasteiger partial charge in [-0.15, -0.1) is 0 Å². The van der Waals surface area contributed by atoms with Crippen LogP contribution in [0, 0.1) is 18.3 Å². The van der Waals surface area contributed by atoms with Gasteiger partial charge in [0.15, 0.2) is 5.65 Å². The number of nitrogens with zero attached hydrogens (tertiary/aromatic N) is 5. The summed E-state index contributed by atoms with van der Waals surface area (Å²) in [6.07, 6.45) is -3.48. The number of imidazole rings is 1. The number of nitriles is 1. The number of hydrogen-bond donors (Lipinski definition) is 1. The molecule has 0 bridgehead atoms. The van der Waals surface area contributed by atoms with E-state index in [0.717, 1.165) is 10.6 Å². The molecule has 50 heavy (non-hydrogen) atoms. The lowest BCUT2D eigenvalue weighted by molar-refractivity contribution is -0.184. The fourth-order valence-electron chi connectivity index (χ4n) is 5.36. The third-order valence-corrected chi connectivity index (χ3v) is 11.1. The molecule has 4 rings (SSSR count). The zero-order valence-corrected chi connectivity index (χ0v) is 32.1. The number of rotatable bonds is 10. The van der Waals surface area contributed by atoms with Crippen molar-refractivity contribution in [3.8, 4) is 11.8 Å². The summed E-state index contributed by atoms with van der Waals surface area (Å²) < 4.78 is 84.4. The third kappa shape index (κ3) is 7.75. The number of pyridine rings is 1. The van der Waals surface area contributed by atoms with E-state index in [1.807, 2.05) is 6.07 Å². The van der Waals surface area contributed by atoms with Crippen LogP contribution in [0.15, 0.2) is 30.6 Å². The highest BCUT2D eigenvalue weighted by atomic mass is 32.2. The number of carbonyl (C=O) groups is 1. The van der Waals surface area contributed by atoms with Crippen molar-refractivity contribution in [2.75, 3.05) is 13.7 Å². The molecule has 272 valence electrons. The average Bonchev–Trinajstić information content (AvgIpc) is 3.58. The molecule has 0 saturated carbocycles. The van der Waals surface area contributed by atoms with E-state index < -0.39 is 58.6 Å². The van der Waals surface area contributed by atoms with Crippen LogP contribution >= 0.6 is 0 Å². The first-order valence-corrected chi connectivity index (χ1v) is 20.8. The summed E-state index contributed by atoms with van der Waals surface area (Å²) in [7, 11) is -2.71. The fraction of sp³-hybridized carbons (Fsp3) is 0.529. The maximum atomic E-state index is 16.5. The van der Waals surface area contributed by atoms with Crippen LogP contribution in [0.25, 0.3) is 22.1 Å². The number of aryl methyl sites for hydroxylation is 1. The zero-order valence-electron chi connectivity index (χ0n) is 30.3. The molecule has 2 atom stereocenters. The number of benzene rings is 1. The Labute approximate surface area is 293 Å². The molecule has 2 unspecified atom stereocenters. The van der Waals surface area contributed by atoms with Gasteiger partial charge in [0.2, 0.25) is 5.54 Å². The van der Waals surface area contributed by atoms with E-state index >= 15 is 13.2 Å². The molecule has 11 nitrogen and oxygen atoms in total. The predicted octanol–water partition coefficient (Wildman–Crippen LogP) is 7.53. The lowest BCUT2D eigenvalue weighted by atomic mass is 9.84. The summed E-state index contributed by atoms with van der Waals surface area (Å²) in [6.45, 7) is 17.6. The number of aromatic nitrogens is 4. The number of alkyl halides is 3. The van der Waals surface area contributed by atoms with E-state index in [-0.39, 0.29) is 46.7 Å². The monoisotopic (exact) mass is 734 g/mol. The zero-order chi connectivity index (χ0) is 37.6. The second-order valence-electron chi connectivity index (χ2n) is 15.3. The first kappa shape index (κ1) is 39.0. The second-order valence-corrected chi connectivity index (χ2v) is 22.9. The van der Waals surface area contributed by atoms with Gasteiger partial charge in [0, 0.05) is 38.0 Å². The van der Waals surface area contributed by atoms with Gasteiger partial charge in [-0.25, -0.2) is 23.7 Å². The maximum Gasteiger partial charge on any atom is 0.419 e. The van der Waals surface area contributed by atoms with Gasteiger partial charge in [-0.3, -0.25) is 9.13 Å². The van der Waals surface area contributed by atoms with E-state index in [4.69, 9.17) is 14.2 Å². The molecule has 3 aromatic heterocycles. The van der Waals surface area contributed by atoms with Crippen molar-refractivity contribution < 1.29 is 36.4 Å². The molecule has 16 heteroatoms. The van der Waals surface area contributed by atoms with Gasteiger partial charge in [-0.1, -0.05) is 19.6 Å². The number of halogens is 3. The van der Waals surface area contributed by atoms with Gasteiger partial charge in [-0.05, 0) is 78.3 Å². The molecule has 0 aliphatic carbocycles. The lowest BCUT2D eigenvalue weighted by Crippen LogP contribution is -2.59. The van der Waals surface area contributed by atoms with E-state index in [9.17, 15) is 14.3 Å². The Kier molecular flexibility index (Phi) is 10.7. The van der Waals surface area contributed by atoms with Crippen LogP contribution in [0.4, 0.5) is 18.0 Å². The van der Waals surface area contributed by atoms with Crippen LogP contribution in [0.1, 0.15) is 64.1 Å². The van der Waals surface area contributed by atoms with Crippen molar-refractivity contribution in [1.29, 1.82) is 5.26 Å². The van der Waals surface area contributed by atoms with Crippen molar-refractivity contribution >= 4 is 47.2 Å². The highest BCUT2D eigenvalue weighted by Gasteiger charge is 2.64. The van der Waals surface area contributed by atoms with Crippen LogP contribution in [0.2, 0.25) is 25.7 Å². The topological polar surface area (TPSA) is 133 Å². The van der Waals surface area contributed by atoms with Gasteiger partial charge in [0.05, 0.1) is 33.9 Å². The molecule has 1 aromatic carbocycles. The first-order valence-electron chi connectivity index (χ1n) is 16.0. The number of fused-ring (bicyclic) bond motifs is 2. The molecular formula is C34H45F3N6O5SSi. The minimum absolute atomic E-state index is 0.00143. The summed E-state index contributed by atoms with van der Waals surface area (Å²) >= 11 is 0. The van der Waals surface area contributed by atoms with Crippen LogP contribution in [-0.4, -0.2) is 67.7 Å². The van der Waals surface area contributed by atoms with Crippen molar-refractivity contribution in [1.82, 2.24) is 23.8 Å². The van der Waals surface area contributed by atoms with Crippen LogP contribution in [-0.2, 0) is 32.7 Å². The lowest BCUT2D eigenvalue weighted by Gasteiger charge is -2.39. The smallest absolute Gasteiger partial charge is 0.419 e. The molecule has 0 fully saturated rings. The molecule has 0 aliphatic heterocycles. The van der Waals surface area contributed by atoms with Gasteiger partial charge >= 0.3 is 12.3 Å². The SMILES string of the molecule is COc1cc(C)c2c(ccn2C(=O)OC(C)(C)C)c1C(NS(=O)C(C)(C)C)(c1nc2cc(C#N)cnc2n1COCC[Si](C)(C)C)C(F)(F)F. The summed E-state index contributed by atoms with van der Waals surface area (Å²) in [5.41, 5.74) is -4.06. The highest BCUT2D eigenvalue weighted by molar-refractivity contribution is 7.84. The quantitative estimate of drug-likeness (QED) is 0.131. The standard InChI is InChI=1S/C34H45F3N6O5SSi/c1-21-16-25(46-8)26(23-12-13-42(27(21)23)30(44)48-31(2,3)4)33(34(35,36)37,41-49(45)32(5,6)7)29-40-24-17-22(18-38)19-39-28(24)43(29)20-47-14-15-50(9,10)11/h12-13,16-17,19,41H,14-15,20H2,1-11H3. The normalized spacial score (nSPS) is 14.8. The Hall–Kier alpha value is -3.78. The van der Waals surface area contributed by atoms with E-state index in [2.05, 4.69) is 34.3 Å². The van der Waals surface area contributed by atoms with Crippen molar-refractivity contribution in [3.05, 3.63) is 53.1 Å². The van der Waals surface area contributed by atoms with Crippen molar-refractivity contribution in [2.45, 2.75) is 103 Å². The Balaban J connectivity index is 2.20. The van der Waals surface area contributed by atoms with Gasteiger partial charge in [0.1, 0.15) is 35.5 Å². The van der Waals surface area contributed by atoms with Gasteiger partial charge in [0.25, 0.3) is 0 Å². The molecule has 0 spiro atoms. The molecule has 0 radical (unpaired) electrons. The fourth-order valence-corrected chi connectivity index (χ4v) is 7.01. The summed E-state index contributed by atoms with van der Waals surface area (Å²) in [5.74, 6) is -0.835. The number of ether oxygens (including phenoxy) is 3. The van der Waals surface area contributed by atoms with Crippen molar-refractivity contribution in [2.24, 2.45) is 0 Å². The van der Waals surface area contributed by atoms with E-state index in [0.29, 0.717) is 5.56 Å². The second kappa shape index (κ2) is 13.7. The van der Waals surface area contributed by atoms with Crippen LogP contribution < -0.4 is 9.46 Å². The molecule has 0 saturated heterocycles. The summed E-state index contributed by atoms with van der Waals surface area (Å²) in [5, 5.41) is 9.57. The maximum absolute atomic E-state index is 16.5. The Morgan fingerprint density at radius 1 is 1.12 bits per heavy atom. The molecule has 3 heterocycles. The van der Waals surface area contributed by atoms with E-state index in [1.165, 1.54) is 42.3 Å². The van der Waals surface area contributed by atoms with Crippen molar-refractivity contribution in [3.63, 3.8) is 0 Å².